The molecule has 0 saturated heterocycles. The molecule has 6 nitrogen and oxygen atoms in total. The van der Waals surface area contributed by atoms with Crippen molar-refractivity contribution < 1.29 is 14.6 Å². The van der Waals surface area contributed by atoms with Crippen molar-refractivity contribution in [2.24, 2.45) is 0 Å². The third kappa shape index (κ3) is 3.10. The normalized spacial score (nSPS) is 21.9. The minimum atomic E-state index is -0.726. The molecule has 3 aromatic rings. The van der Waals surface area contributed by atoms with Crippen molar-refractivity contribution in [3.8, 4) is 0 Å². The van der Waals surface area contributed by atoms with E-state index in [4.69, 9.17) is 14.5 Å². The van der Waals surface area contributed by atoms with Gasteiger partial charge < -0.3 is 24.3 Å². The second-order valence-corrected chi connectivity index (χ2v) is 6.93. The number of benzene rings is 1. The maximum absolute atomic E-state index is 11.1. The van der Waals surface area contributed by atoms with Crippen LogP contribution in [0.2, 0.25) is 0 Å². The summed E-state index contributed by atoms with van der Waals surface area (Å²) in [5.41, 5.74) is 5.80. The van der Waals surface area contributed by atoms with E-state index < -0.39 is 12.2 Å². The van der Waals surface area contributed by atoms with Crippen LogP contribution in [0.15, 0.2) is 42.6 Å². The second kappa shape index (κ2) is 7.31. The van der Waals surface area contributed by atoms with E-state index in [0.717, 1.165) is 33.8 Å². The topological polar surface area (TPSA) is 68.0 Å². The molecule has 0 radical (unpaired) electrons. The van der Waals surface area contributed by atoms with Crippen LogP contribution in [0.1, 0.15) is 34.7 Å². The molecule has 3 heterocycles. The molecule has 0 bridgehead atoms. The SMILES string of the molecule is COCCO[C@@H]1c2ccn3c(C)c(C)nc3c2N[C@@H](c2ccccc2)[C@@H]1O. The lowest BCUT2D eigenvalue weighted by Gasteiger charge is -2.38. The van der Waals surface area contributed by atoms with E-state index >= 15 is 0 Å². The lowest BCUT2D eigenvalue weighted by molar-refractivity contribution is -0.0633. The number of nitrogens with one attached hydrogen (secondary N) is 1. The molecular weight excluding hydrogens is 342 g/mol. The van der Waals surface area contributed by atoms with E-state index in [1.54, 1.807) is 7.11 Å². The van der Waals surface area contributed by atoms with Crippen LogP contribution < -0.4 is 5.32 Å². The number of aliphatic hydroxyl groups excluding tert-OH is 1. The fourth-order valence-corrected chi connectivity index (χ4v) is 3.73. The first-order chi connectivity index (χ1) is 13.1. The van der Waals surface area contributed by atoms with E-state index in [1.807, 2.05) is 49.5 Å². The second-order valence-electron chi connectivity index (χ2n) is 6.93. The van der Waals surface area contributed by atoms with Crippen LogP contribution in [0.5, 0.6) is 0 Å². The van der Waals surface area contributed by atoms with Gasteiger partial charge in [-0.3, -0.25) is 0 Å². The van der Waals surface area contributed by atoms with Crippen LogP contribution in [0, 0.1) is 13.8 Å². The van der Waals surface area contributed by atoms with Gasteiger partial charge in [0.25, 0.3) is 0 Å². The lowest BCUT2D eigenvalue weighted by Crippen LogP contribution is -2.38. The van der Waals surface area contributed by atoms with Crippen molar-refractivity contribution in [3.05, 3.63) is 65.1 Å². The maximum atomic E-state index is 11.1. The Labute approximate surface area is 158 Å². The molecule has 1 aromatic carbocycles. The number of pyridine rings is 1. The van der Waals surface area contributed by atoms with Crippen molar-refractivity contribution >= 4 is 11.3 Å². The van der Waals surface area contributed by atoms with Crippen molar-refractivity contribution in [3.63, 3.8) is 0 Å². The number of imidazole rings is 1. The summed E-state index contributed by atoms with van der Waals surface area (Å²) in [6, 6.07) is 11.7. The summed E-state index contributed by atoms with van der Waals surface area (Å²) in [5.74, 6) is 0. The van der Waals surface area contributed by atoms with Crippen LogP contribution in [0.25, 0.3) is 5.65 Å². The predicted molar refractivity (Wildman–Crippen MR) is 104 cm³/mol. The number of aryl methyl sites for hydroxylation is 2. The first kappa shape index (κ1) is 18.0. The molecule has 1 aliphatic rings. The summed E-state index contributed by atoms with van der Waals surface area (Å²) < 4.78 is 13.2. The number of hydrogen-bond acceptors (Lipinski definition) is 5. The summed E-state index contributed by atoms with van der Waals surface area (Å²) in [4.78, 5) is 4.75. The van der Waals surface area contributed by atoms with Crippen molar-refractivity contribution in [1.82, 2.24) is 9.38 Å². The third-order valence-electron chi connectivity index (χ3n) is 5.30. The molecule has 0 aliphatic carbocycles. The fraction of sp³-hybridized carbons (Fsp3) is 0.381. The molecule has 0 amide bonds. The third-order valence-corrected chi connectivity index (χ3v) is 5.30. The molecule has 3 atom stereocenters. The Morgan fingerprint density at radius 3 is 2.67 bits per heavy atom. The van der Waals surface area contributed by atoms with Gasteiger partial charge in [0.1, 0.15) is 12.2 Å². The number of aliphatic hydroxyl groups is 1. The number of anilines is 1. The van der Waals surface area contributed by atoms with E-state index in [9.17, 15) is 5.11 Å². The van der Waals surface area contributed by atoms with E-state index in [2.05, 4.69) is 16.6 Å². The van der Waals surface area contributed by atoms with Gasteiger partial charge in [-0.25, -0.2) is 4.98 Å². The molecule has 0 spiro atoms. The zero-order valence-corrected chi connectivity index (χ0v) is 15.8. The van der Waals surface area contributed by atoms with E-state index in [1.165, 1.54) is 0 Å². The summed E-state index contributed by atoms with van der Waals surface area (Å²) in [6.45, 7) is 4.96. The number of aromatic nitrogens is 2. The summed E-state index contributed by atoms with van der Waals surface area (Å²) in [6.07, 6.45) is 0.813. The maximum Gasteiger partial charge on any atom is 0.161 e. The first-order valence-corrected chi connectivity index (χ1v) is 9.20. The average Bonchev–Trinajstić information content (AvgIpc) is 2.98. The Kier molecular flexibility index (Phi) is 4.86. The van der Waals surface area contributed by atoms with Gasteiger partial charge >= 0.3 is 0 Å². The molecular formula is C21H25N3O3. The molecule has 6 heteroatoms. The molecule has 4 rings (SSSR count). The smallest absolute Gasteiger partial charge is 0.161 e. The van der Waals surface area contributed by atoms with Gasteiger partial charge in [-0.05, 0) is 25.5 Å². The number of methoxy groups -OCH3 is 1. The average molecular weight is 367 g/mol. The van der Waals surface area contributed by atoms with Crippen LogP contribution in [0.4, 0.5) is 5.69 Å². The van der Waals surface area contributed by atoms with Gasteiger partial charge in [-0.15, -0.1) is 0 Å². The van der Waals surface area contributed by atoms with Crippen LogP contribution in [-0.4, -0.2) is 40.9 Å². The number of ether oxygens (including phenoxy) is 2. The molecule has 2 N–H and O–H groups in total. The number of hydrogen-bond donors (Lipinski definition) is 2. The molecule has 1 aliphatic heterocycles. The van der Waals surface area contributed by atoms with Crippen LogP contribution >= 0.6 is 0 Å². The highest BCUT2D eigenvalue weighted by atomic mass is 16.5. The zero-order chi connectivity index (χ0) is 19.0. The monoisotopic (exact) mass is 367 g/mol. The van der Waals surface area contributed by atoms with Gasteiger partial charge in [0, 0.05) is 24.6 Å². The highest BCUT2D eigenvalue weighted by molar-refractivity contribution is 5.75. The Morgan fingerprint density at radius 2 is 1.93 bits per heavy atom. The quantitative estimate of drug-likeness (QED) is 0.678. The Balaban J connectivity index is 1.82. The van der Waals surface area contributed by atoms with Gasteiger partial charge in [0.15, 0.2) is 5.65 Å². The standard InChI is InChI=1S/C21H25N3O3/c1-13-14(2)24-10-9-16-18(21(24)22-13)23-17(15-7-5-4-6-8-15)19(25)20(16)27-12-11-26-3/h4-10,17,19-20,23,25H,11-12H2,1-3H3/t17-,19-,20+/m0/s1. The molecule has 2 aromatic heterocycles. The summed E-state index contributed by atoms with van der Waals surface area (Å²) >= 11 is 0. The highest BCUT2D eigenvalue weighted by Crippen LogP contribution is 2.43. The summed E-state index contributed by atoms with van der Waals surface area (Å²) in [5, 5.41) is 14.6. The van der Waals surface area contributed by atoms with Gasteiger partial charge in [0.2, 0.25) is 0 Å². The Hall–Kier alpha value is -2.41. The molecule has 142 valence electrons. The highest BCUT2D eigenvalue weighted by Gasteiger charge is 2.38. The number of fused-ring (bicyclic) bond motifs is 3. The number of rotatable bonds is 5. The minimum Gasteiger partial charge on any atom is -0.388 e. The van der Waals surface area contributed by atoms with Crippen molar-refractivity contribution in [2.75, 3.05) is 25.6 Å². The van der Waals surface area contributed by atoms with Crippen molar-refractivity contribution in [1.29, 1.82) is 0 Å². The predicted octanol–water partition coefficient (Wildman–Crippen LogP) is 3.18. The fourth-order valence-electron chi connectivity index (χ4n) is 3.73. The molecule has 0 fully saturated rings. The van der Waals surface area contributed by atoms with Gasteiger partial charge in [0.05, 0.1) is 30.6 Å². The summed E-state index contributed by atoms with van der Waals surface area (Å²) in [7, 11) is 1.64. The minimum absolute atomic E-state index is 0.283. The van der Waals surface area contributed by atoms with Crippen LogP contribution in [-0.2, 0) is 9.47 Å². The van der Waals surface area contributed by atoms with Gasteiger partial charge in [-0.2, -0.15) is 0 Å². The first-order valence-electron chi connectivity index (χ1n) is 9.20. The zero-order valence-electron chi connectivity index (χ0n) is 15.8. The van der Waals surface area contributed by atoms with Gasteiger partial charge in [-0.1, -0.05) is 30.3 Å². The van der Waals surface area contributed by atoms with Crippen LogP contribution in [0.3, 0.4) is 0 Å². The van der Waals surface area contributed by atoms with E-state index in [-0.39, 0.29) is 6.04 Å². The lowest BCUT2D eigenvalue weighted by atomic mass is 9.89. The molecule has 0 unspecified atom stereocenters. The molecule has 0 saturated carbocycles. The Morgan fingerprint density at radius 1 is 1.15 bits per heavy atom. The Bertz CT molecular complexity index is 939. The molecule has 27 heavy (non-hydrogen) atoms. The van der Waals surface area contributed by atoms with Crippen molar-refractivity contribution in [2.45, 2.75) is 32.1 Å². The van der Waals surface area contributed by atoms with E-state index in [0.29, 0.717) is 13.2 Å². The largest absolute Gasteiger partial charge is 0.388 e. The number of nitrogens with zero attached hydrogens (tertiary/aromatic N) is 2.